The van der Waals surface area contributed by atoms with Crippen molar-refractivity contribution in [3.05, 3.63) is 87.4 Å². The fourth-order valence-electron chi connectivity index (χ4n) is 3.54. The Morgan fingerprint density at radius 1 is 0.969 bits per heavy atom. The van der Waals surface area contributed by atoms with Gasteiger partial charge in [0.1, 0.15) is 0 Å². The Kier molecular flexibility index (Phi) is 6.11. The molecule has 0 bridgehead atoms. The molecule has 1 heterocycles. The van der Waals surface area contributed by atoms with Crippen LogP contribution in [0.3, 0.4) is 0 Å². The first kappa shape index (κ1) is 22.5. The Hall–Kier alpha value is -2.68. The number of aryl methyl sites for hydroxylation is 1. The number of sulfonamides is 1. The van der Waals surface area contributed by atoms with Gasteiger partial charge in [-0.3, -0.25) is 9.10 Å². The van der Waals surface area contributed by atoms with E-state index < -0.39 is 27.6 Å². The molecule has 0 saturated heterocycles. The predicted molar refractivity (Wildman–Crippen MR) is 120 cm³/mol. The maximum Gasteiger partial charge on any atom is 0.264 e. The molecular weight excluding hydrogens is 481 g/mol. The molecule has 1 aliphatic rings. The van der Waals surface area contributed by atoms with Gasteiger partial charge in [-0.25, -0.2) is 17.2 Å². The van der Waals surface area contributed by atoms with Gasteiger partial charge in [0.05, 0.1) is 26.2 Å². The monoisotopic (exact) mass is 496 g/mol. The number of amides is 1. The Bertz CT molecular complexity index is 1310. The average Bonchev–Trinajstić information content (AvgIpc) is 2.75. The van der Waals surface area contributed by atoms with Crippen LogP contribution >= 0.6 is 23.2 Å². The summed E-state index contributed by atoms with van der Waals surface area (Å²) in [6.45, 7) is 0.155. The third kappa shape index (κ3) is 4.18. The SMILES string of the molecule is O=C(Nc1ccc2c(c1)N(S(=O)(=O)c1ccc(F)c(F)c1)CCC2)c1c(Cl)cccc1Cl. The number of carbonyl (C=O) groups excluding carboxylic acids is 1. The number of halogens is 4. The van der Waals surface area contributed by atoms with E-state index in [2.05, 4.69) is 5.32 Å². The Morgan fingerprint density at radius 2 is 1.69 bits per heavy atom. The van der Waals surface area contributed by atoms with Gasteiger partial charge in [0.15, 0.2) is 11.6 Å². The summed E-state index contributed by atoms with van der Waals surface area (Å²) < 4.78 is 54.5. The van der Waals surface area contributed by atoms with Gasteiger partial charge < -0.3 is 5.32 Å². The summed E-state index contributed by atoms with van der Waals surface area (Å²) in [6.07, 6.45) is 1.18. The van der Waals surface area contributed by atoms with Crippen LogP contribution in [-0.2, 0) is 16.4 Å². The maximum absolute atomic E-state index is 13.7. The second-order valence-electron chi connectivity index (χ2n) is 7.15. The fourth-order valence-corrected chi connectivity index (χ4v) is 5.66. The zero-order valence-electron chi connectivity index (χ0n) is 16.4. The van der Waals surface area contributed by atoms with Crippen LogP contribution in [0.15, 0.2) is 59.5 Å². The lowest BCUT2D eigenvalue weighted by Crippen LogP contribution is -2.35. The van der Waals surface area contributed by atoms with Crippen molar-refractivity contribution in [2.75, 3.05) is 16.2 Å². The highest BCUT2D eigenvalue weighted by molar-refractivity contribution is 7.92. The molecule has 0 radical (unpaired) electrons. The fraction of sp³-hybridized carbons (Fsp3) is 0.136. The van der Waals surface area contributed by atoms with Crippen molar-refractivity contribution in [3.8, 4) is 0 Å². The van der Waals surface area contributed by atoms with Gasteiger partial charge in [0.25, 0.3) is 15.9 Å². The predicted octanol–water partition coefficient (Wildman–Crippen LogP) is 5.67. The van der Waals surface area contributed by atoms with Crippen molar-refractivity contribution in [2.45, 2.75) is 17.7 Å². The van der Waals surface area contributed by atoms with Crippen molar-refractivity contribution < 1.29 is 22.0 Å². The topological polar surface area (TPSA) is 66.5 Å². The van der Waals surface area contributed by atoms with Gasteiger partial charge >= 0.3 is 0 Å². The van der Waals surface area contributed by atoms with Crippen molar-refractivity contribution >= 4 is 50.5 Å². The first-order chi connectivity index (χ1) is 15.2. The van der Waals surface area contributed by atoms with Crippen LogP contribution in [0, 0.1) is 11.6 Å². The van der Waals surface area contributed by atoms with E-state index in [0.717, 1.165) is 22.0 Å². The molecule has 0 aliphatic carbocycles. The zero-order valence-corrected chi connectivity index (χ0v) is 18.7. The molecule has 32 heavy (non-hydrogen) atoms. The lowest BCUT2D eigenvalue weighted by atomic mass is 10.0. The van der Waals surface area contributed by atoms with Gasteiger partial charge in [0, 0.05) is 12.2 Å². The third-order valence-electron chi connectivity index (χ3n) is 5.09. The lowest BCUT2D eigenvalue weighted by molar-refractivity contribution is 0.102. The highest BCUT2D eigenvalue weighted by atomic mass is 35.5. The molecule has 1 amide bonds. The third-order valence-corrected chi connectivity index (χ3v) is 7.53. The van der Waals surface area contributed by atoms with E-state index in [-0.39, 0.29) is 27.0 Å². The quantitative estimate of drug-likeness (QED) is 0.506. The summed E-state index contributed by atoms with van der Waals surface area (Å²) in [5.74, 6) is -2.93. The summed E-state index contributed by atoms with van der Waals surface area (Å²) in [6, 6.07) is 12.0. The number of fused-ring (bicyclic) bond motifs is 1. The Labute approximate surface area is 193 Å². The smallest absolute Gasteiger partial charge is 0.264 e. The molecule has 0 unspecified atom stereocenters. The highest BCUT2D eigenvalue weighted by Crippen LogP contribution is 2.35. The lowest BCUT2D eigenvalue weighted by Gasteiger charge is -2.31. The second-order valence-corrected chi connectivity index (χ2v) is 9.83. The minimum absolute atomic E-state index is 0.0971. The number of hydrogen-bond acceptors (Lipinski definition) is 3. The molecule has 3 aromatic carbocycles. The maximum atomic E-state index is 13.7. The molecule has 0 spiro atoms. The van der Waals surface area contributed by atoms with E-state index >= 15 is 0 Å². The molecule has 166 valence electrons. The Balaban J connectivity index is 1.69. The number of anilines is 2. The van der Waals surface area contributed by atoms with Crippen LogP contribution in [0.1, 0.15) is 22.3 Å². The summed E-state index contributed by atoms with van der Waals surface area (Å²) in [5.41, 5.74) is 1.53. The first-order valence-electron chi connectivity index (χ1n) is 9.54. The molecule has 10 heteroatoms. The largest absolute Gasteiger partial charge is 0.322 e. The first-order valence-corrected chi connectivity index (χ1v) is 11.7. The second kappa shape index (κ2) is 8.69. The standard InChI is InChI=1S/C22H16Cl2F2N2O3S/c23-16-4-1-5-17(24)21(16)22(29)27-14-7-6-13-3-2-10-28(20(13)11-14)32(30,31)15-8-9-18(25)19(26)12-15/h1,4-9,11-12H,2-3,10H2,(H,27,29). The van der Waals surface area contributed by atoms with Crippen molar-refractivity contribution in [2.24, 2.45) is 0 Å². The Morgan fingerprint density at radius 3 is 2.38 bits per heavy atom. The molecule has 0 atom stereocenters. The van der Waals surface area contributed by atoms with E-state index in [1.165, 1.54) is 18.2 Å². The van der Waals surface area contributed by atoms with Crippen LogP contribution in [0.25, 0.3) is 0 Å². The molecule has 3 aromatic rings. The summed E-state index contributed by atoms with van der Waals surface area (Å²) >= 11 is 12.2. The summed E-state index contributed by atoms with van der Waals surface area (Å²) in [5, 5.41) is 3.03. The van der Waals surface area contributed by atoms with E-state index in [1.807, 2.05) is 0 Å². The van der Waals surface area contributed by atoms with Gasteiger partial charge in [-0.05, 0) is 60.9 Å². The number of hydrogen-bond donors (Lipinski definition) is 1. The molecule has 4 rings (SSSR count). The normalized spacial score (nSPS) is 13.6. The van der Waals surface area contributed by atoms with Crippen LogP contribution in [0.2, 0.25) is 10.0 Å². The van der Waals surface area contributed by atoms with Crippen molar-refractivity contribution in [1.82, 2.24) is 0 Å². The number of benzene rings is 3. The van der Waals surface area contributed by atoms with E-state index in [1.54, 1.807) is 18.2 Å². The average molecular weight is 497 g/mol. The molecule has 5 nitrogen and oxygen atoms in total. The minimum Gasteiger partial charge on any atom is -0.322 e. The van der Waals surface area contributed by atoms with Crippen LogP contribution < -0.4 is 9.62 Å². The summed E-state index contributed by atoms with van der Waals surface area (Å²) in [4.78, 5) is 12.3. The zero-order chi connectivity index (χ0) is 23.0. The van der Waals surface area contributed by atoms with Gasteiger partial charge in [-0.15, -0.1) is 0 Å². The number of nitrogens with one attached hydrogen (secondary N) is 1. The van der Waals surface area contributed by atoms with E-state index in [9.17, 15) is 22.0 Å². The number of rotatable bonds is 4. The van der Waals surface area contributed by atoms with E-state index in [0.29, 0.717) is 30.3 Å². The molecule has 0 saturated carbocycles. The van der Waals surface area contributed by atoms with Gasteiger partial charge in [-0.2, -0.15) is 0 Å². The molecule has 1 aliphatic heterocycles. The van der Waals surface area contributed by atoms with Gasteiger partial charge in [-0.1, -0.05) is 35.3 Å². The van der Waals surface area contributed by atoms with Crippen molar-refractivity contribution in [3.63, 3.8) is 0 Å². The summed E-state index contributed by atoms with van der Waals surface area (Å²) in [7, 11) is -4.15. The molecule has 0 aromatic heterocycles. The molecule has 0 fully saturated rings. The highest BCUT2D eigenvalue weighted by Gasteiger charge is 2.30. The minimum atomic E-state index is -4.15. The van der Waals surface area contributed by atoms with Crippen LogP contribution in [-0.4, -0.2) is 20.9 Å². The van der Waals surface area contributed by atoms with Crippen molar-refractivity contribution in [1.29, 1.82) is 0 Å². The van der Waals surface area contributed by atoms with Crippen LogP contribution in [0.5, 0.6) is 0 Å². The molecule has 1 N–H and O–H groups in total. The van der Waals surface area contributed by atoms with E-state index in [4.69, 9.17) is 23.2 Å². The number of carbonyl (C=O) groups is 1. The van der Waals surface area contributed by atoms with Crippen LogP contribution in [0.4, 0.5) is 20.2 Å². The van der Waals surface area contributed by atoms with Gasteiger partial charge in [0.2, 0.25) is 0 Å². The number of nitrogens with zero attached hydrogens (tertiary/aromatic N) is 1. The molecular formula is C22H16Cl2F2N2O3S.